The number of piperidine rings is 1. The lowest BCUT2D eigenvalue weighted by atomic mass is 10.0. The van der Waals surface area contributed by atoms with Crippen LogP contribution in [0.2, 0.25) is 0 Å². The molecule has 1 heterocycles. The average molecular weight is 382 g/mol. The van der Waals surface area contributed by atoms with E-state index >= 15 is 0 Å². The number of carbonyl (C=O) groups excluding carboxylic acids is 1. The molecule has 0 bridgehead atoms. The van der Waals surface area contributed by atoms with Gasteiger partial charge in [0.1, 0.15) is 18.2 Å². The second-order valence-electron chi connectivity index (χ2n) is 5.72. The van der Waals surface area contributed by atoms with Crippen molar-refractivity contribution in [3.63, 3.8) is 0 Å². The predicted octanol–water partition coefficient (Wildman–Crippen LogP) is 1.98. The Hall–Kier alpha value is -1.08. The lowest BCUT2D eigenvalue weighted by Gasteiger charge is -2.32. The molecule has 138 valence electrons. The highest BCUT2D eigenvalue weighted by Gasteiger charge is 2.21. The number of amides is 1. The van der Waals surface area contributed by atoms with Gasteiger partial charge in [-0.25, -0.2) is 4.39 Å². The van der Waals surface area contributed by atoms with Crippen molar-refractivity contribution in [2.75, 3.05) is 26.2 Å². The number of nitrogens with zero attached hydrogens (tertiary/aromatic N) is 1. The normalized spacial score (nSPS) is 16.5. The molecular formula is C16H26Cl2FN3O2. The topological polar surface area (TPSA) is 67.6 Å². The number of likely N-dealkylation sites (tertiary alicyclic amines) is 1. The van der Waals surface area contributed by atoms with Crippen molar-refractivity contribution in [2.24, 2.45) is 5.73 Å². The summed E-state index contributed by atoms with van der Waals surface area (Å²) in [7, 11) is 0. The summed E-state index contributed by atoms with van der Waals surface area (Å²) in [6.45, 7) is 4.94. The monoisotopic (exact) mass is 381 g/mol. The Morgan fingerprint density at radius 3 is 2.46 bits per heavy atom. The molecule has 1 aliphatic heterocycles. The van der Waals surface area contributed by atoms with Gasteiger partial charge in [0.15, 0.2) is 0 Å². The van der Waals surface area contributed by atoms with E-state index in [1.165, 1.54) is 12.1 Å². The van der Waals surface area contributed by atoms with Gasteiger partial charge in [0.05, 0.1) is 6.04 Å². The zero-order valence-corrected chi connectivity index (χ0v) is 15.4. The van der Waals surface area contributed by atoms with Gasteiger partial charge < -0.3 is 15.8 Å². The standard InChI is InChI=1S/C16H24FN3O2.2ClH/c1-12(18)16(21)19-14-6-8-20(9-7-14)10-11-22-15-4-2-13(17)3-5-15;;/h2-5,12,14H,6-11,18H2,1H3,(H,19,21);2*1H/t12-;;/m1../s1. The molecule has 0 spiro atoms. The van der Waals surface area contributed by atoms with Crippen LogP contribution in [-0.2, 0) is 4.79 Å². The summed E-state index contributed by atoms with van der Waals surface area (Å²) in [5.41, 5.74) is 5.55. The fourth-order valence-electron chi connectivity index (χ4n) is 2.46. The first-order chi connectivity index (χ1) is 10.5. The highest BCUT2D eigenvalue weighted by Crippen LogP contribution is 2.13. The van der Waals surface area contributed by atoms with Gasteiger partial charge in [0.2, 0.25) is 5.91 Å². The third-order valence-corrected chi connectivity index (χ3v) is 3.84. The van der Waals surface area contributed by atoms with Gasteiger partial charge in [0.25, 0.3) is 0 Å². The van der Waals surface area contributed by atoms with Gasteiger partial charge in [-0.1, -0.05) is 0 Å². The summed E-state index contributed by atoms with van der Waals surface area (Å²) in [5, 5.41) is 2.97. The Labute approximate surface area is 154 Å². The predicted molar refractivity (Wildman–Crippen MR) is 97.6 cm³/mol. The number of nitrogens with two attached hydrogens (primary N) is 1. The molecule has 24 heavy (non-hydrogen) atoms. The third-order valence-electron chi connectivity index (χ3n) is 3.84. The summed E-state index contributed by atoms with van der Waals surface area (Å²) in [6.07, 6.45) is 1.85. The van der Waals surface area contributed by atoms with E-state index in [9.17, 15) is 9.18 Å². The average Bonchev–Trinajstić information content (AvgIpc) is 2.51. The van der Waals surface area contributed by atoms with Crippen LogP contribution >= 0.6 is 24.8 Å². The molecule has 0 aromatic heterocycles. The van der Waals surface area contributed by atoms with Crippen molar-refractivity contribution < 1.29 is 13.9 Å². The van der Waals surface area contributed by atoms with E-state index in [2.05, 4.69) is 10.2 Å². The van der Waals surface area contributed by atoms with E-state index in [0.717, 1.165) is 32.5 Å². The highest BCUT2D eigenvalue weighted by molar-refractivity contribution is 5.85. The molecule has 0 unspecified atom stereocenters. The van der Waals surface area contributed by atoms with E-state index in [-0.39, 0.29) is 42.6 Å². The molecule has 1 aromatic carbocycles. The Kier molecular flexibility index (Phi) is 11.0. The molecule has 2 rings (SSSR count). The van der Waals surface area contributed by atoms with Crippen LogP contribution in [0.5, 0.6) is 5.75 Å². The van der Waals surface area contributed by atoms with Crippen molar-refractivity contribution in [1.82, 2.24) is 10.2 Å². The van der Waals surface area contributed by atoms with E-state index in [0.29, 0.717) is 12.4 Å². The summed E-state index contributed by atoms with van der Waals surface area (Å²) >= 11 is 0. The molecule has 1 fully saturated rings. The molecule has 1 amide bonds. The molecule has 1 atom stereocenters. The third kappa shape index (κ3) is 7.66. The summed E-state index contributed by atoms with van der Waals surface area (Å²) < 4.78 is 18.4. The largest absolute Gasteiger partial charge is 0.492 e. The molecule has 1 aromatic rings. The lowest BCUT2D eigenvalue weighted by molar-refractivity contribution is -0.123. The first-order valence-corrected chi connectivity index (χ1v) is 7.71. The minimum absolute atomic E-state index is 0. The number of rotatable bonds is 6. The van der Waals surface area contributed by atoms with Crippen LogP contribution in [-0.4, -0.2) is 49.1 Å². The van der Waals surface area contributed by atoms with Crippen molar-refractivity contribution in [1.29, 1.82) is 0 Å². The second-order valence-corrected chi connectivity index (χ2v) is 5.72. The molecule has 5 nitrogen and oxygen atoms in total. The van der Waals surface area contributed by atoms with Crippen molar-refractivity contribution in [2.45, 2.75) is 31.8 Å². The second kappa shape index (κ2) is 11.5. The molecule has 0 saturated carbocycles. The highest BCUT2D eigenvalue weighted by atomic mass is 35.5. The number of hydrogen-bond acceptors (Lipinski definition) is 4. The van der Waals surface area contributed by atoms with Crippen LogP contribution in [0, 0.1) is 5.82 Å². The van der Waals surface area contributed by atoms with Crippen LogP contribution in [0.25, 0.3) is 0 Å². The van der Waals surface area contributed by atoms with E-state index in [4.69, 9.17) is 10.5 Å². The fraction of sp³-hybridized carbons (Fsp3) is 0.562. The van der Waals surface area contributed by atoms with Crippen molar-refractivity contribution in [3.8, 4) is 5.75 Å². The van der Waals surface area contributed by atoms with Crippen LogP contribution in [0.4, 0.5) is 4.39 Å². The van der Waals surface area contributed by atoms with Gasteiger partial charge in [-0.2, -0.15) is 0 Å². The maximum absolute atomic E-state index is 12.8. The molecule has 1 aliphatic rings. The maximum atomic E-state index is 12.8. The fourth-order valence-corrected chi connectivity index (χ4v) is 2.46. The summed E-state index contributed by atoms with van der Waals surface area (Å²) in [4.78, 5) is 13.9. The van der Waals surface area contributed by atoms with E-state index in [1.807, 2.05) is 0 Å². The molecule has 8 heteroatoms. The van der Waals surface area contributed by atoms with Crippen LogP contribution in [0.1, 0.15) is 19.8 Å². The first kappa shape index (κ1) is 22.9. The van der Waals surface area contributed by atoms with Crippen LogP contribution in [0.15, 0.2) is 24.3 Å². The molecule has 1 saturated heterocycles. The minimum atomic E-state index is -0.456. The van der Waals surface area contributed by atoms with Gasteiger partial charge in [-0.3, -0.25) is 9.69 Å². The summed E-state index contributed by atoms with van der Waals surface area (Å²) in [5.74, 6) is 0.335. The summed E-state index contributed by atoms with van der Waals surface area (Å²) in [6, 6.07) is 5.80. The van der Waals surface area contributed by atoms with Crippen LogP contribution < -0.4 is 15.8 Å². The zero-order valence-electron chi connectivity index (χ0n) is 13.7. The Bertz CT molecular complexity index is 481. The molecular weight excluding hydrogens is 356 g/mol. The number of ether oxygens (including phenoxy) is 1. The first-order valence-electron chi connectivity index (χ1n) is 7.71. The number of benzene rings is 1. The van der Waals surface area contributed by atoms with Gasteiger partial charge in [0, 0.05) is 25.7 Å². The number of halogens is 3. The van der Waals surface area contributed by atoms with Gasteiger partial charge in [-0.15, -0.1) is 24.8 Å². The quantitative estimate of drug-likeness (QED) is 0.790. The van der Waals surface area contributed by atoms with Gasteiger partial charge >= 0.3 is 0 Å². The zero-order chi connectivity index (χ0) is 15.9. The number of nitrogens with one attached hydrogen (secondary N) is 1. The van der Waals surface area contributed by atoms with Crippen molar-refractivity contribution in [3.05, 3.63) is 30.1 Å². The lowest BCUT2D eigenvalue weighted by Crippen LogP contribution is -2.49. The number of carbonyl (C=O) groups is 1. The molecule has 3 N–H and O–H groups in total. The van der Waals surface area contributed by atoms with Crippen molar-refractivity contribution >= 4 is 30.7 Å². The van der Waals surface area contributed by atoms with Crippen LogP contribution in [0.3, 0.4) is 0 Å². The number of hydrogen-bond donors (Lipinski definition) is 2. The smallest absolute Gasteiger partial charge is 0.236 e. The SMILES string of the molecule is C[C@@H](N)C(=O)NC1CCN(CCOc2ccc(F)cc2)CC1.Cl.Cl. The molecule has 0 radical (unpaired) electrons. The Morgan fingerprint density at radius 1 is 1.33 bits per heavy atom. The Balaban J connectivity index is 0.00000264. The maximum Gasteiger partial charge on any atom is 0.236 e. The Morgan fingerprint density at radius 2 is 1.92 bits per heavy atom. The molecule has 0 aliphatic carbocycles. The minimum Gasteiger partial charge on any atom is -0.492 e. The van der Waals surface area contributed by atoms with E-state index < -0.39 is 6.04 Å². The van der Waals surface area contributed by atoms with E-state index in [1.54, 1.807) is 19.1 Å². The van der Waals surface area contributed by atoms with Gasteiger partial charge in [-0.05, 0) is 44.0 Å².